The SMILES string of the molecule is CC/C=C\C/C=C\C/C=C\C/C=C\CCCCCCC(=O)OC(COC(=O)CCCCCCC/C=C\C/C=C\CCC)COC(=O)CCCCCCCCCCCCCCCCCCCCCC. The van der Waals surface area contributed by atoms with E-state index in [0.717, 1.165) is 128 Å². The van der Waals surface area contributed by atoms with Crippen LogP contribution in [-0.4, -0.2) is 37.2 Å². The molecule has 0 N–H and O–H groups in total. The van der Waals surface area contributed by atoms with E-state index in [2.05, 4.69) is 93.7 Å². The number of carbonyl (C=O) groups is 3. The molecule has 0 aliphatic rings. The smallest absolute Gasteiger partial charge is 0.306 e. The fourth-order valence-electron chi connectivity index (χ4n) is 8.12. The van der Waals surface area contributed by atoms with Gasteiger partial charge in [-0.1, -0.05) is 254 Å². The summed E-state index contributed by atoms with van der Waals surface area (Å²) in [5.41, 5.74) is 0. The Morgan fingerprint density at radius 1 is 0.309 bits per heavy atom. The van der Waals surface area contributed by atoms with Gasteiger partial charge in [0.1, 0.15) is 13.2 Å². The van der Waals surface area contributed by atoms with E-state index in [1.807, 2.05) is 0 Å². The highest BCUT2D eigenvalue weighted by Crippen LogP contribution is 2.16. The lowest BCUT2D eigenvalue weighted by atomic mass is 10.0. The van der Waals surface area contributed by atoms with Gasteiger partial charge in [0.2, 0.25) is 0 Å². The van der Waals surface area contributed by atoms with Crippen LogP contribution >= 0.6 is 0 Å². The lowest BCUT2D eigenvalue weighted by Crippen LogP contribution is -2.30. The van der Waals surface area contributed by atoms with E-state index in [4.69, 9.17) is 14.2 Å². The predicted molar refractivity (Wildman–Crippen MR) is 293 cm³/mol. The molecular formula is C62H108O6. The van der Waals surface area contributed by atoms with Crippen molar-refractivity contribution in [1.29, 1.82) is 0 Å². The topological polar surface area (TPSA) is 78.9 Å². The van der Waals surface area contributed by atoms with Crippen LogP contribution in [0.2, 0.25) is 0 Å². The van der Waals surface area contributed by atoms with Gasteiger partial charge >= 0.3 is 17.9 Å². The quantitative estimate of drug-likeness (QED) is 0.0262. The minimum atomic E-state index is -0.793. The third-order valence-corrected chi connectivity index (χ3v) is 12.4. The Bertz CT molecular complexity index is 1270. The summed E-state index contributed by atoms with van der Waals surface area (Å²) in [6.07, 6.45) is 71.8. The fourth-order valence-corrected chi connectivity index (χ4v) is 8.12. The molecule has 0 rings (SSSR count). The minimum absolute atomic E-state index is 0.0879. The highest BCUT2D eigenvalue weighted by Gasteiger charge is 2.19. The second kappa shape index (κ2) is 56.4. The first-order valence-corrected chi connectivity index (χ1v) is 28.9. The molecule has 68 heavy (non-hydrogen) atoms. The summed E-state index contributed by atoms with van der Waals surface area (Å²) < 4.78 is 16.8. The second-order valence-corrected chi connectivity index (χ2v) is 19.2. The van der Waals surface area contributed by atoms with E-state index >= 15 is 0 Å². The van der Waals surface area contributed by atoms with Crippen LogP contribution in [0.1, 0.15) is 284 Å². The lowest BCUT2D eigenvalue weighted by molar-refractivity contribution is -0.167. The molecule has 0 aromatic rings. The van der Waals surface area contributed by atoms with Gasteiger partial charge in [-0.3, -0.25) is 14.4 Å². The summed E-state index contributed by atoms with van der Waals surface area (Å²) in [5, 5.41) is 0. The number of unbranched alkanes of at least 4 members (excludes halogenated alkanes) is 29. The predicted octanol–water partition coefficient (Wildman–Crippen LogP) is 19.4. The second-order valence-electron chi connectivity index (χ2n) is 19.2. The molecule has 0 saturated heterocycles. The van der Waals surface area contributed by atoms with Gasteiger partial charge in [-0.15, -0.1) is 0 Å². The van der Waals surface area contributed by atoms with E-state index in [1.54, 1.807) is 0 Å². The van der Waals surface area contributed by atoms with Gasteiger partial charge in [-0.2, -0.15) is 0 Å². The molecule has 1 unspecified atom stereocenters. The first-order chi connectivity index (χ1) is 33.5. The summed E-state index contributed by atoms with van der Waals surface area (Å²) in [6.45, 7) is 6.46. The van der Waals surface area contributed by atoms with Gasteiger partial charge in [0.05, 0.1) is 0 Å². The summed E-state index contributed by atoms with van der Waals surface area (Å²) >= 11 is 0. The number of hydrogen-bond acceptors (Lipinski definition) is 6. The highest BCUT2D eigenvalue weighted by molar-refractivity contribution is 5.71. The Balaban J connectivity index is 4.37. The maximum Gasteiger partial charge on any atom is 0.306 e. The van der Waals surface area contributed by atoms with Crippen molar-refractivity contribution in [2.75, 3.05) is 13.2 Å². The molecule has 0 saturated carbocycles. The molecule has 392 valence electrons. The van der Waals surface area contributed by atoms with Gasteiger partial charge in [0.15, 0.2) is 6.10 Å². The van der Waals surface area contributed by atoms with Crippen molar-refractivity contribution in [2.45, 2.75) is 290 Å². The first-order valence-electron chi connectivity index (χ1n) is 28.9. The van der Waals surface area contributed by atoms with Crippen LogP contribution in [0, 0.1) is 0 Å². The molecule has 6 heteroatoms. The lowest BCUT2D eigenvalue weighted by Gasteiger charge is -2.18. The van der Waals surface area contributed by atoms with Gasteiger partial charge in [-0.25, -0.2) is 0 Å². The van der Waals surface area contributed by atoms with Gasteiger partial charge < -0.3 is 14.2 Å². The Labute approximate surface area is 421 Å². The van der Waals surface area contributed by atoms with Crippen LogP contribution in [0.15, 0.2) is 72.9 Å². The van der Waals surface area contributed by atoms with Gasteiger partial charge in [0, 0.05) is 19.3 Å². The van der Waals surface area contributed by atoms with E-state index in [9.17, 15) is 14.4 Å². The number of hydrogen-bond donors (Lipinski definition) is 0. The summed E-state index contributed by atoms with van der Waals surface area (Å²) in [5.74, 6) is -0.917. The van der Waals surface area contributed by atoms with Crippen molar-refractivity contribution >= 4 is 17.9 Å². The average molecular weight is 950 g/mol. The normalized spacial score (nSPS) is 12.6. The average Bonchev–Trinajstić information content (AvgIpc) is 3.34. The molecule has 6 nitrogen and oxygen atoms in total. The molecule has 0 radical (unpaired) electrons. The highest BCUT2D eigenvalue weighted by atomic mass is 16.6. The molecule has 0 spiro atoms. The number of allylic oxidation sites excluding steroid dienone is 12. The van der Waals surface area contributed by atoms with Crippen molar-refractivity contribution < 1.29 is 28.6 Å². The Morgan fingerprint density at radius 2 is 0.603 bits per heavy atom. The zero-order valence-electron chi connectivity index (χ0n) is 44.9. The van der Waals surface area contributed by atoms with Crippen molar-refractivity contribution in [3.05, 3.63) is 72.9 Å². The van der Waals surface area contributed by atoms with Crippen LogP contribution in [0.3, 0.4) is 0 Å². The molecule has 0 aromatic carbocycles. The van der Waals surface area contributed by atoms with Crippen LogP contribution in [-0.2, 0) is 28.6 Å². The first kappa shape index (κ1) is 64.8. The zero-order valence-corrected chi connectivity index (χ0v) is 44.9. The summed E-state index contributed by atoms with van der Waals surface area (Å²) in [4.78, 5) is 38.1. The standard InChI is InChI=1S/C62H108O6/c1-4-7-10-13-16-19-22-25-27-29-30-31-33-34-37-40-43-46-49-52-55-61(64)67-58-59(57-66-60(63)54-51-48-45-42-39-36-24-21-18-15-12-9-6-3)68-62(65)56-53-50-47-44-41-38-35-32-28-26-23-20-17-14-11-8-5-2/h8,11-12,15,17,20-21,24,26,28,35,38,59H,4-7,9-10,13-14,16,18-19,22-23,25,27,29-34,36-37,39-58H2,1-3H3/b11-8-,15-12-,20-17-,24-21-,28-26-,38-35-. The van der Waals surface area contributed by atoms with Crippen LogP contribution < -0.4 is 0 Å². The van der Waals surface area contributed by atoms with E-state index in [0.29, 0.717) is 19.3 Å². The molecular weight excluding hydrogens is 841 g/mol. The summed E-state index contributed by atoms with van der Waals surface area (Å²) in [6, 6.07) is 0. The van der Waals surface area contributed by atoms with Crippen molar-refractivity contribution in [2.24, 2.45) is 0 Å². The maximum atomic E-state index is 12.8. The Kier molecular flexibility index (Phi) is 53.8. The number of ether oxygens (including phenoxy) is 3. The third-order valence-electron chi connectivity index (χ3n) is 12.4. The number of rotatable bonds is 52. The summed E-state index contributed by atoms with van der Waals surface area (Å²) in [7, 11) is 0. The Hall–Kier alpha value is -3.15. The largest absolute Gasteiger partial charge is 0.462 e. The molecule has 0 aliphatic carbocycles. The molecule has 1 atom stereocenters. The van der Waals surface area contributed by atoms with Gasteiger partial charge in [0.25, 0.3) is 0 Å². The van der Waals surface area contributed by atoms with E-state index < -0.39 is 6.10 Å². The van der Waals surface area contributed by atoms with Crippen molar-refractivity contribution in [3.8, 4) is 0 Å². The van der Waals surface area contributed by atoms with Gasteiger partial charge in [-0.05, 0) is 83.5 Å². The molecule has 0 fully saturated rings. The molecule has 0 amide bonds. The molecule has 0 heterocycles. The zero-order chi connectivity index (χ0) is 49.3. The van der Waals surface area contributed by atoms with E-state index in [1.165, 1.54) is 116 Å². The molecule has 0 bridgehead atoms. The maximum absolute atomic E-state index is 12.8. The molecule has 0 aromatic heterocycles. The van der Waals surface area contributed by atoms with Crippen molar-refractivity contribution in [3.63, 3.8) is 0 Å². The van der Waals surface area contributed by atoms with Crippen LogP contribution in [0.25, 0.3) is 0 Å². The molecule has 0 aliphatic heterocycles. The minimum Gasteiger partial charge on any atom is -0.462 e. The van der Waals surface area contributed by atoms with Crippen LogP contribution in [0.4, 0.5) is 0 Å². The third kappa shape index (κ3) is 53.8. The Morgan fingerprint density at radius 3 is 0.956 bits per heavy atom. The van der Waals surface area contributed by atoms with Crippen LogP contribution in [0.5, 0.6) is 0 Å². The number of carbonyl (C=O) groups excluding carboxylic acids is 3. The van der Waals surface area contributed by atoms with E-state index in [-0.39, 0.29) is 31.1 Å². The fraction of sp³-hybridized carbons (Fsp3) is 0.758. The monoisotopic (exact) mass is 949 g/mol. The number of esters is 3. The van der Waals surface area contributed by atoms with Crippen molar-refractivity contribution in [1.82, 2.24) is 0 Å².